The first-order chi connectivity index (χ1) is 13.7. The van der Waals surface area contributed by atoms with Gasteiger partial charge in [-0.1, -0.05) is 11.6 Å². The van der Waals surface area contributed by atoms with Crippen molar-refractivity contribution in [3.63, 3.8) is 0 Å². The van der Waals surface area contributed by atoms with E-state index < -0.39 is 17.7 Å². The topological polar surface area (TPSA) is 51.6 Å². The van der Waals surface area contributed by atoms with Crippen LogP contribution in [-0.2, 0) is 6.18 Å². The van der Waals surface area contributed by atoms with Crippen molar-refractivity contribution in [2.75, 3.05) is 0 Å². The van der Waals surface area contributed by atoms with Gasteiger partial charge in [-0.3, -0.25) is 15.0 Å². The predicted molar refractivity (Wildman–Crippen MR) is 101 cm³/mol. The van der Waals surface area contributed by atoms with Crippen molar-refractivity contribution >= 4 is 22.6 Å². The van der Waals surface area contributed by atoms with Crippen LogP contribution in [0.3, 0.4) is 0 Å². The number of rotatable bonds is 2. The lowest BCUT2D eigenvalue weighted by molar-refractivity contribution is -0.141. The van der Waals surface area contributed by atoms with Gasteiger partial charge in [0.05, 0.1) is 11.4 Å². The SMILES string of the molecule is Cc1nc(-c2ccc(F)cc2)c(-c2cc(Cl)nc(C(F)(F)F)c2)c2nccnc12. The van der Waals surface area contributed by atoms with Crippen LogP contribution in [0.2, 0.25) is 5.15 Å². The molecule has 0 spiro atoms. The van der Waals surface area contributed by atoms with Gasteiger partial charge in [0.15, 0.2) is 0 Å². The Balaban J connectivity index is 2.10. The largest absolute Gasteiger partial charge is 0.433 e. The highest BCUT2D eigenvalue weighted by atomic mass is 35.5. The molecule has 0 aliphatic rings. The lowest BCUT2D eigenvalue weighted by atomic mass is 9.97. The smallest absolute Gasteiger partial charge is 0.252 e. The lowest BCUT2D eigenvalue weighted by Crippen LogP contribution is -2.08. The fourth-order valence-corrected chi connectivity index (χ4v) is 3.26. The van der Waals surface area contributed by atoms with Crippen LogP contribution in [0, 0.1) is 12.7 Å². The minimum absolute atomic E-state index is 0.134. The second-order valence-electron chi connectivity index (χ2n) is 6.24. The number of halogens is 5. The van der Waals surface area contributed by atoms with Crippen LogP contribution in [0.25, 0.3) is 33.4 Å². The number of aromatic nitrogens is 4. The quantitative estimate of drug-likeness (QED) is 0.301. The summed E-state index contributed by atoms with van der Waals surface area (Å²) in [6.07, 6.45) is -1.78. The van der Waals surface area contributed by atoms with Gasteiger partial charge in [-0.25, -0.2) is 9.37 Å². The van der Waals surface area contributed by atoms with Crippen LogP contribution >= 0.6 is 11.6 Å². The number of hydrogen-bond acceptors (Lipinski definition) is 4. The molecule has 0 aliphatic carbocycles. The lowest BCUT2D eigenvalue weighted by Gasteiger charge is -2.15. The molecule has 146 valence electrons. The van der Waals surface area contributed by atoms with Crippen molar-refractivity contribution in [2.45, 2.75) is 13.1 Å². The van der Waals surface area contributed by atoms with Crippen molar-refractivity contribution in [3.05, 3.63) is 71.2 Å². The minimum atomic E-state index is -4.69. The molecule has 0 N–H and O–H groups in total. The second kappa shape index (κ2) is 7.04. The maximum Gasteiger partial charge on any atom is 0.433 e. The summed E-state index contributed by atoms with van der Waals surface area (Å²) in [5.41, 5.74) is 1.49. The first-order valence-corrected chi connectivity index (χ1v) is 8.74. The maximum absolute atomic E-state index is 13.4. The zero-order valence-electron chi connectivity index (χ0n) is 14.8. The summed E-state index contributed by atoms with van der Waals surface area (Å²) >= 11 is 5.89. The van der Waals surface area contributed by atoms with E-state index in [2.05, 4.69) is 19.9 Å². The molecule has 29 heavy (non-hydrogen) atoms. The van der Waals surface area contributed by atoms with E-state index in [4.69, 9.17) is 11.6 Å². The Bertz CT molecular complexity index is 1220. The molecule has 0 aliphatic heterocycles. The van der Waals surface area contributed by atoms with E-state index in [0.717, 1.165) is 6.07 Å². The summed E-state index contributed by atoms with van der Waals surface area (Å²) in [7, 11) is 0. The monoisotopic (exact) mass is 418 g/mol. The van der Waals surface area contributed by atoms with E-state index in [1.54, 1.807) is 6.92 Å². The number of pyridine rings is 2. The highest BCUT2D eigenvalue weighted by molar-refractivity contribution is 6.29. The minimum Gasteiger partial charge on any atom is -0.252 e. The molecule has 0 radical (unpaired) electrons. The zero-order chi connectivity index (χ0) is 20.8. The van der Waals surface area contributed by atoms with Gasteiger partial charge in [-0.15, -0.1) is 0 Å². The van der Waals surface area contributed by atoms with Crippen molar-refractivity contribution in [1.29, 1.82) is 0 Å². The van der Waals surface area contributed by atoms with E-state index in [1.165, 1.54) is 42.7 Å². The average Bonchev–Trinajstić information content (AvgIpc) is 2.67. The fraction of sp³-hybridized carbons (Fsp3) is 0.100. The molecule has 0 saturated heterocycles. The van der Waals surface area contributed by atoms with Crippen molar-refractivity contribution in [2.24, 2.45) is 0 Å². The predicted octanol–water partition coefficient (Wildman–Crippen LogP) is 5.87. The van der Waals surface area contributed by atoms with E-state index in [0.29, 0.717) is 33.5 Å². The van der Waals surface area contributed by atoms with Gasteiger partial charge >= 0.3 is 6.18 Å². The van der Waals surface area contributed by atoms with Gasteiger partial charge in [0.25, 0.3) is 0 Å². The number of benzene rings is 1. The normalized spacial score (nSPS) is 11.8. The summed E-state index contributed by atoms with van der Waals surface area (Å²) in [5, 5.41) is -0.322. The number of alkyl halides is 3. The van der Waals surface area contributed by atoms with E-state index in [-0.39, 0.29) is 10.7 Å². The molecule has 3 aromatic heterocycles. The Morgan fingerprint density at radius 2 is 1.52 bits per heavy atom. The number of fused-ring (bicyclic) bond motifs is 1. The van der Waals surface area contributed by atoms with Gasteiger partial charge in [0, 0.05) is 23.5 Å². The second-order valence-corrected chi connectivity index (χ2v) is 6.63. The van der Waals surface area contributed by atoms with Crippen molar-refractivity contribution in [1.82, 2.24) is 19.9 Å². The van der Waals surface area contributed by atoms with E-state index in [9.17, 15) is 17.6 Å². The van der Waals surface area contributed by atoms with Gasteiger partial charge in [-0.05, 0) is 48.9 Å². The Hall–Kier alpha value is -3.13. The summed E-state index contributed by atoms with van der Waals surface area (Å²) in [6, 6.07) is 7.69. The highest BCUT2D eigenvalue weighted by Crippen LogP contribution is 2.39. The van der Waals surface area contributed by atoms with Crippen molar-refractivity contribution < 1.29 is 17.6 Å². The van der Waals surface area contributed by atoms with Crippen LogP contribution in [0.4, 0.5) is 17.6 Å². The van der Waals surface area contributed by atoms with Gasteiger partial charge < -0.3 is 0 Å². The van der Waals surface area contributed by atoms with Crippen LogP contribution in [-0.4, -0.2) is 19.9 Å². The molecule has 0 saturated carbocycles. The Morgan fingerprint density at radius 1 is 0.862 bits per heavy atom. The third-order valence-corrected chi connectivity index (χ3v) is 4.48. The molecular weight excluding hydrogens is 408 g/mol. The highest BCUT2D eigenvalue weighted by Gasteiger charge is 2.34. The average molecular weight is 419 g/mol. The van der Waals surface area contributed by atoms with Crippen LogP contribution in [0.1, 0.15) is 11.4 Å². The fourth-order valence-electron chi connectivity index (χ4n) is 3.05. The van der Waals surface area contributed by atoms with Gasteiger partial charge in [0.2, 0.25) is 0 Å². The summed E-state index contributed by atoms with van der Waals surface area (Å²) in [5.74, 6) is -0.445. The van der Waals surface area contributed by atoms with Gasteiger partial charge in [0.1, 0.15) is 27.7 Å². The van der Waals surface area contributed by atoms with Crippen molar-refractivity contribution in [3.8, 4) is 22.4 Å². The molecule has 0 atom stereocenters. The van der Waals surface area contributed by atoms with Gasteiger partial charge in [-0.2, -0.15) is 13.2 Å². The third-order valence-electron chi connectivity index (χ3n) is 4.28. The number of aryl methyl sites for hydroxylation is 1. The molecule has 0 unspecified atom stereocenters. The molecule has 4 rings (SSSR count). The number of nitrogens with zero attached hydrogens (tertiary/aromatic N) is 4. The molecule has 1 aromatic carbocycles. The zero-order valence-corrected chi connectivity index (χ0v) is 15.6. The molecule has 0 bridgehead atoms. The molecular formula is C20H11ClF4N4. The Kier molecular flexibility index (Phi) is 4.66. The maximum atomic E-state index is 13.4. The first kappa shape index (κ1) is 19.2. The Morgan fingerprint density at radius 3 is 2.17 bits per heavy atom. The van der Waals surface area contributed by atoms with Crippen LogP contribution in [0.5, 0.6) is 0 Å². The standard InChI is InChI=1S/C20H11ClF4N4/c1-10-17-19(27-7-6-26-17)16(18(28-10)11-2-4-13(22)5-3-11)12-8-14(20(23,24)25)29-15(21)9-12/h2-9H,1H3. The Labute approximate surface area is 167 Å². The summed E-state index contributed by atoms with van der Waals surface area (Å²) in [4.78, 5) is 16.5. The number of hydrogen-bond donors (Lipinski definition) is 0. The molecule has 0 amide bonds. The van der Waals surface area contributed by atoms with E-state index in [1.807, 2.05) is 0 Å². The molecule has 3 heterocycles. The molecule has 0 fully saturated rings. The summed E-state index contributed by atoms with van der Waals surface area (Å²) < 4.78 is 53.3. The van der Waals surface area contributed by atoms with Crippen LogP contribution in [0.15, 0.2) is 48.8 Å². The van der Waals surface area contributed by atoms with E-state index >= 15 is 0 Å². The molecule has 9 heteroatoms. The summed E-state index contributed by atoms with van der Waals surface area (Å²) in [6.45, 7) is 1.72. The molecule has 4 nitrogen and oxygen atoms in total. The van der Waals surface area contributed by atoms with Crippen LogP contribution < -0.4 is 0 Å². The first-order valence-electron chi connectivity index (χ1n) is 8.36. The molecule has 4 aromatic rings. The third kappa shape index (κ3) is 3.63.